The fraction of sp³-hybridized carbons (Fsp3) is 0.407. The number of pyridine rings is 1. The van der Waals surface area contributed by atoms with Crippen molar-refractivity contribution in [3.63, 3.8) is 0 Å². The van der Waals surface area contributed by atoms with E-state index in [2.05, 4.69) is 15.0 Å². The number of nitrogens with zero attached hydrogens (tertiary/aromatic N) is 6. The molecule has 194 valence electrons. The zero-order chi connectivity index (χ0) is 25.9. The Kier molecular flexibility index (Phi) is 7.09. The molecule has 0 aliphatic carbocycles. The number of fused-ring (bicyclic) bond motifs is 3. The van der Waals surface area contributed by atoms with Gasteiger partial charge in [-0.25, -0.2) is 9.78 Å². The summed E-state index contributed by atoms with van der Waals surface area (Å²) in [4.78, 5) is 31.6. The van der Waals surface area contributed by atoms with Crippen molar-refractivity contribution in [3.05, 3.63) is 76.2 Å². The second kappa shape index (κ2) is 10.6. The minimum absolute atomic E-state index is 0.0257. The highest BCUT2D eigenvalue weighted by atomic mass is 16.5. The topological polar surface area (TPSA) is 99.2 Å². The van der Waals surface area contributed by atoms with Crippen molar-refractivity contribution in [1.29, 1.82) is 0 Å². The summed E-state index contributed by atoms with van der Waals surface area (Å²) in [6.07, 6.45) is 5.69. The highest BCUT2D eigenvalue weighted by Gasteiger charge is 2.31. The molecule has 1 N–H and O–H groups in total. The Hall–Kier alpha value is -3.92. The molecule has 0 unspecified atom stereocenters. The molecule has 1 aliphatic heterocycles. The van der Waals surface area contributed by atoms with Crippen LogP contribution in [0.1, 0.15) is 30.4 Å². The van der Waals surface area contributed by atoms with Crippen molar-refractivity contribution in [1.82, 2.24) is 29.2 Å². The molecule has 10 heteroatoms. The molecule has 0 radical (unpaired) electrons. The molecule has 3 aromatic heterocycles. The van der Waals surface area contributed by atoms with Gasteiger partial charge in [0.1, 0.15) is 5.82 Å². The van der Waals surface area contributed by atoms with E-state index in [4.69, 9.17) is 9.72 Å². The van der Waals surface area contributed by atoms with Gasteiger partial charge in [-0.1, -0.05) is 6.07 Å². The standard InChI is InChI=1S/C27H33N7O3/c1-19-7-8-21-22(34(19)27(36)37-3)9-10-23-26(21)29-24(12-16-32-14-5-4-6-25(32)35)33(23)17-13-28-18-20-11-15-31(2)30-20/h4-6,9-11,14-15,19,28H,7-8,12-13,16-18H2,1-3H3/t19-/m0/s1. The summed E-state index contributed by atoms with van der Waals surface area (Å²) < 4.78 is 10.8. The monoisotopic (exact) mass is 503 g/mol. The molecule has 0 saturated carbocycles. The largest absolute Gasteiger partial charge is 0.452 e. The second-order valence-electron chi connectivity index (χ2n) is 9.48. The maximum Gasteiger partial charge on any atom is 0.414 e. The lowest BCUT2D eigenvalue weighted by atomic mass is 9.96. The average Bonchev–Trinajstić information content (AvgIpc) is 3.48. The summed E-state index contributed by atoms with van der Waals surface area (Å²) in [7, 11) is 3.33. The molecule has 5 rings (SSSR count). The number of methoxy groups -OCH3 is 1. The molecule has 1 aromatic carbocycles. The molecule has 0 saturated heterocycles. The fourth-order valence-electron chi connectivity index (χ4n) is 5.12. The van der Waals surface area contributed by atoms with Gasteiger partial charge in [-0.2, -0.15) is 5.10 Å². The third-order valence-corrected chi connectivity index (χ3v) is 7.03. The van der Waals surface area contributed by atoms with E-state index in [1.54, 1.807) is 32.5 Å². The number of nitrogens with one attached hydrogen (secondary N) is 1. The lowest BCUT2D eigenvalue weighted by Crippen LogP contribution is -2.42. The van der Waals surface area contributed by atoms with Gasteiger partial charge in [-0.3, -0.25) is 14.4 Å². The summed E-state index contributed by atoms with van der Waals surface area (Å²) in [5, 5.41) is 7.90. The van der Waals surface area contributed by atoms with Crippen molar-refractivity contribution in [2.24, 2.45) is 7.05 Å². The van der Waals surface area contributed by atoms with Crippen LogP contribution in [-0.4, -0.2) is 49.7 Å². The van der Waals surface area contributed by atoms with Crippen LogP contribution in [0.3, 0.4) is 0 Å². The van der Waals surface area contributed by atoms with Gasteiger partial charge in [-0.05, 0) is 44.0 Å². The minimum atomic E-state index is -0.352. The minimum Gasteiger partial charge on any atom is -0.452 e. The van der Waals surface area contributed by atoms with Crippen molar-refractivity contribution in [2.75, 3.05) is 18.6 Å². The zero-order valence-electron chi connectivity index (χ0n) is 21.6. The van der Waals surface area contributed by atoms with Crippen LogP contribution < -0.4 is 15.8 Å². The SMILES string of the molecule is COC(=O)N1c2ccc3c(nc(CCn4ccccc4=O)n3CCNCc3ccn(C)n3)c2CC[C@@H]1C. The Balaban J connectivity index is 1.46. The van der Waals surface area contributed by atoms with Gasteiger partial charge in [0.25, 0.3) is 5.56 Å². The highest BCUT2D eigenvalue weighted by molar-refractivity contribution is 5.95. The lowest BCUT2D eigenvalue weighted by molar-refractivity contribution is 0.175. The van der Waals surface area contributed by atoms with E-state index >= 15 is 0 Å². The summed E-state index contributed by atoms with van der Waals surface area (Å²) in [6.45, 7) is 4.72. The number of amides is 1. The van der Waals surface area contributed by atoms with E-state index in [0.29, 0.717) is 19.5 Å². The predicted molar refractivity (Wildman–Crippen MR) is 142 cm³/mol. The third-order valence-electron chi connectivity index (χ3n) is 7.03. The quantitative estimate of drug-likeness (QED) is 0.371. The van der Waals surface area contributed by atoms with Crippen molar-refractivity contribution in [3.8, 4) is 0 Å². The molecule has 4 heterocycles. The first-order valence-electron chi connectivity index (χ1n) is 12.7. The van der Waals surface area contributed by atoms with Crippen LogP contribution in [0.25, 0.3) is 11.0 Å². The Morgan fingerprint density at radius 3 is 2.78 bits per heavy atom. The van der Waals surface area contributed by atoms with E-state index in [-0.39, 0.29) is 17.7 Å². The molecule has 1 atom stereocenters. The van der Waals surface area contributed by atoms with Crippen molar-refractivity contribution >= 4 is 22.8 Å². The second-order valence-corrected chi connectivity index (χ2v) is 9.48. The fourth-order valence-corrected chi connectivity index (χ4v) is 5.12. The van der Waals surface area contributed by atoms with Gasteiger partial charge in [0.05, 0.1) is 29.5 Å². The Morgan fingerprint density at radius 1 is 1.16 bits per heavy atom. The van der Waals surface area contributed by atoms with Gasteiger partial charge >= 0.3 is 6.09 Å². The highest BCUT2D eigenvalue weighted by Crippen LogP contribution is 2.36. The van der Waals surface area contributed by atoms with Gasteiger partial charge in [0.2, 0.25) is 0 Å². The molecule has 1 amide bonds. The Bertz CT molecular complexity index is 1470. The van der Waals surface area contributed by atoms with Crippen LogP contribution in [0.15, 0.2) is 53.6 Å². The van der Waals surface area contributed by atoms with Crippen LogP contribution in [0.4, 0.5) is 10.5 Å². The lowest BCUT2D eigenvalue weighted by Gasteiger charge is -2.34. The van der Waals surface area contributed by atoms with Crippen LogP contribution in [0.2, 0.25) is 0 Å². The molecule has 37 heavy (non-hydrogen) atoms. The smallest absolute Gasteiger partial charge is 0.414 e. The molecular formula is C27H33N7O3. The Labute approximate surface area is 215 Å². The van der Waals surface area contributed by atoms with E-state index in [1.807, 2.05) is 44.4 Å². The first-order valence-corrected chi connectivity index (χ1v) is 12.7. The molecular weight excluding hydrogens is 470 g/mol. The van der Waals surface area contributed by atoms with Crippen LogP contribution >= 0.6 is 0 Å². The maximum atomic E-state index is 12.6. The van der Waals surface area contributed by atoms with Crippen molar-refractivity contribution in [2.45, 2.75) is 51.9 Å². The summed E-state index contributed by atoms with van der Waals surface area (Å²) in [6, 6.07) is 11.3. The van der Waals surface area contributed by atoms with Gasteiger partial charge < -0.3 is 19.2 Å². The number of aromatic nitrogens is 5. The van der Waals surface area contributed by atoms with Crippen LogP contribution in [-0.2, 0) is 44.3 Å². The summed E-state index contributed by atoms with van der Waals surface area (Å²) >= 11 is 0. The normalized spacial score (nSPS) is 15.2. The first kappa shape index (κ1) is 24.8. The number of imidazole rings is 1. The molecule has 4 aromatic rings. The number of ether oxygens (including phenoxy) is 1. The van der Waals surface area contributed by atoms with Crippen LogP contribution in [0, 0.1) is 0 Å². The molecule has 0 fully saturated rings. The third kappa shape index (κ3) is 5.01. The predicted octanol–water partition coefficient (Wildman–Crippen LogP) is 2.87. The molecule has 0 spiro atoms. The first-order chi connectivity index (χ1) is 18.0. The van der Waals surface area contributed by atoms with Gasteiger partial charge in [-0.15, -0.1) is 0 Å². The van der Waals surface area contributed by atoms with Crippen molar-refractivity contribution < 1.29 is 9.53 Å². The number of anilines is 1. The number of carbonyl (C=O) groups excluding carboxylic acids is 1. The molecule has 1 aliphatic rings. The number of rotatable bonds is 8. The van der Waals surface area contributed by atoms with Gasteiger partial charge in [0, 0.05) is 69.7 Å². The van der Waals surface area contributed by atoms with E-state index in [9.17, 15) is 9.59 Å². The number of benzene rings is 1. The number of hydrogen-bond acceptors (Lipinski definition) is 6. The van der Waals surface area contributed by atoms with Crippen LogP contribution in [0.5, 0.6) is 0 Å². The Morgan fingerprint density at radius 2 is 2.03 bits per heavy atom. The average molecular weight is 504 g/mol. The molecule has 10 nitrogen and oxygen atoms in total. The van der Waals surface area contributed by atoms with E-state index in [0.717, 1.165) is 59.7 Å². The number of carbonyl (C=O) groups is 1. The van der Waals surface area contributed by atoms with E-state index < -0.39 is 0 Å². The summed E-state index contributed by atoms with van der Waals surface area (Å²) in [5.41, 5.74) is 4.85. The summed E-state index contributed by atoms with van der Waals surface area (Å²) in [5.74, 6) is 0.919. The number of aryl methyl sites for hydroxylation is 4. The molecule has 0 bridgehead atoms. The van der Waals surface area contributed by atoms with Gasteiger partial charge in [0.15, 0.2) is 0 Å². The van der Waals surface area contributed by atoms with E-state index in [1.165, 1.54) is 7.11 Å². The zero-order valence-corrected chi connectivity index (χ0v) is 21.6. The maximum absolute atomic E-state index is 12.6. The number of hydrogen-bond donors (Lipinski definition) is 1.